The molecule has 29 heavy (non-hydrogen) atoms. The van der Waals surface area contributed by atoms with Gasteiger partial charge in [0, 0.05) is 55.9 Å². The van der Waals surface area contributed by atoms with E-state index in [4.69, 9.17) is 4.52 Å². The average Bonchev–Trinajstić information content (AvgIpc) is 3.45. The number of hydrogen-bond acceptors (Lipinski definition) is 6. The van der Waals surface area contributed by atoms with Gasteiger partial charge in [-0.25, -0.2) is 4.98 Å². The van der Waals surface area contributed by atoms with Gasteiger partial charge in [-0.3, -0.25) is 4.98 Å². The third-order valence-electron chi connectivity index (χ3n) is 5.35. The molecule has 7 nitrogen and oxygen atoms in total. The molecule has 4 aromatic rings. The number of rotatable bonds is 5. The van der Waals surface area contributed by atoms with Gasteiger partial charge in [-0.05, 0) is 30.5 Å². The van der Waals surface area contributed by atoms with E-state index in [1.807, 2.05) is 61.1 Å². The van der Waals surface area contributed by atoms with Crippen LogP contribution in [0.1, 0.15) is 30.1 Å². The van der Waals surface area contributed by atoms with Gasteiger partial charge < -0.3 is 14.0 Å². The average molecular weight is 386 g/mol. The molecule has 0 N–H and O–H groups in total. The highest BCUT2D eigenvalue weighted by molar-refractivity contribution is 5.55. The molecule has 0 aliphatic carbocycles. The summed E-state index contributed by atoms with van der Waals surface area (Å²) in [4.78, 5) is 15.6. The molecule has 0 radical (unpaired) electrons. The molecule has 0 unspecified atom stereocenters. The monoisotopic (exact) mass is 386 g/mol. The van der Waals surface area contributed by atoms with Crippen molar-refractivity contribution in [2.24, 2.45) is 0 Å². The zero-order valence-corrected chi connectivity index (χ0v) is 16.1. The molecule has 1 aliphatic rings. The SMILES string of the molecule is c1ccc(-c2noc(N3CCC[C@H](c4nccn4Cc4ccncc4)C3)n2)cc1. The second-order valence-corrected chi connectivity index (χ2v) is 7.32. The second kappa shape index (κ2) is 7.87. The Hall–Kier alpha value is -3.48. The van der Waals surface area contributed by atoms with Crippen molar-refractivity contribution in [3.63, 3.8) is 0 Å². The Morgan fingerprint density at radius 1 is 1.03 bits per heavy atom. The molecule has 7 heteroatoms. The minimum absolute atomic E-state index is 0.327. The molecule has 5 rings (SSSR count). The Bertz CT molecular complexity index is 1060. The first-order valence-electron chi connectivity index (χ1n) is 9.91. The number of benzene rings is 1. The fourth-order valence-corrected chi connectivity index (χ4v) is 3.91. The summed E-state index contributed by atoms with van der Waals surface area (Å²) in [5.41, 5.74) is 2.18. The first-order chi connectivity index (χ1) is 14.4. The molecule has 146 valence electrons. The van der Waals surface area contributed by atoms with E-state index in [1.165, 1.54) is 5.56 Å². The highest BCUT2D eigenvalue weighted by Gasteiger charge is 2.27. The third-order valence-corrected chi connectivity index (χ3v) is 5.35. The fourth-order valence-electron chi connectivity index (χ4n) is 3.91. The lowest BCUT2D eigenvalue weighted by atomic mass is 9.97. The molecule has 3 aromatic heterocycles. The van der Waals surface area contributed by atoms with Crippen molar-refractivity contribution < 1.29 is 4.52 Å². The van der Waals surface area contributed by atoms with Crippen molar-refractivity contribution in [3.8, 4) is 11.4 Å². The number of aromatic nitrogens is 5. The Balaban J connectivity index is 1.33. The molecule has 0 spiro atoms. The summed E-state index contributed by atoms with van der Waals surface area (Å²) in [5.74, 6) is 2.06. The van der Waals surface area contributed by atoms with Crippen LogP contribution in [0.5, 0.6) is 0 Å². The van der Waals surface area contributed by atoms with Crippen LogP contribution in [0.3, 0.4) is 0 Å². The summed E-state index contributed by atoms with van der Waals surface area (Å²) in [6.45, 7) is 2.54. The van der Waals surface area contributed by atoms with Crippen LogP contribution >= 0.6 is 0 Å². The third kappa shape index (κ3) is 3.76. The molecular weight excluding hydrogens is 364 g/mol. The van der Waals surface area contributed by atoms with Crippen LogP contribution in [0.15, 0.2) is 71.8 Å². The molecule has 0 saturated carbocycles. The summed E-state index contributed by atoms with van der Waals surface area (Å²) < 4.78 is 7.81. The highest BCUT2D eigenvalue weighted by Crippen LogP contribution is 2.30. The lowest BCUT2D eigenvalue weighted by Crippen LogP contribution is -2.35. The molecule has 0 bridgehead atoms. The van der Waals surface area contributed by atoms with E-state index in [2.05, 4.69) is 35.8 Å². The van der Waals surface area contributed by atoms with Gasteiger partial charge >= 0.3 is 6.01 Å². The van der Waals surface area contributed by atoms with Crippen molar-refractivity contribution >= 4 is 6.01 Å². The number of hydrogen-bond donors (Lipinski definition) is 0. The summed E-state index contributed by atoms with van der Waals surface area (Å²) in [6.07, 6.45) is 9.76. The van der Waals surface area contributed by atoms with Gasteiger partial charge in [-0.15, -0.1) is 0 Å². The maximum absolute atomic E-state index is 5.58. The quantitative estimate of drug-likeness (QED) is 0.520. The molecule has 1 fully saturated rings. The second-order valence-electron chi connectivity index (χ2n) is 7.32. The van der Waals surface area contributed by atoms with Crippen LogP contribution in [0.4, 0.5) is 6.01 Å². The van der Waals surface area contributed by atoms with Crippen molar-refractivity contribution in [2.75, 3.05) is 18.0 Å². The van der Waals surface area contributed by atoms with E-state index < -0.39 is 0 Å². The van der Waals surface area contributed by atoms with Gasteiger partial charge in [0.05, 0.1) is 0 Å². The maximum atomic E-state index is 5.58. The van der Waals surface area contributed by atoms with Crippen LogP contribution in [0, 0.1) is 0 Å². The van der Waals surface area contributed by atoms with Gasteiger partial charge in [0.2, 0.25) is 5.82 Å². The zero-order valence-electron chi connectivity index (χ0n) is 16.1. The molecule has 4 heterocycles. The van der Waals surface area contributed by atoms with Gasteiger partial charge in [0.25, 0.3) is 0 Å². The zero-order chi connectivity index (χ0) is 19.5. The normalized spacial score (nSPS) is 16.8. The number of imidazole rings is 1. The Morgan fingerprint density at radius 3 is 2.76 bits per heavy atom. The predicted octanol–water partition coefficient (Wildman–Crippen LogP) is 3.76. The van der Waals surface area contributed by atoms with E-state index >= 15 is 0 Å². The lowest BCUT2D eigenvalue weighted by molar-refractivity contribution is 0.388. The number of piperidine rings is 1. The van der Waals surface area contributed by atoms with E-state index in [9.17, 15) is 0 Å². The standard InChI is InChI=1S/C22H22N6O/c1-2-5-18(6-3-1)20-25-22(29-26-20)28-13-4-7-19(16-28)21-24-12-14-27(21)15-17-8-10-23-11-9-17/h1-3,5-6,8-12,14,19H,4,7,13,15-16H2/t19-/m0/s1. The topological polar surface area (TPSA) is 72.9 Å². The largest absolute Gasteiger partial charge is 0.330 e. The van der Waals surface area contributed by atoms with E-state index in [-0.39, 0.29) is 0 Å². The van der Waals surface area contributed by atoms with E-state index in [0.717, 1.165) is 43.9 Å². The van der Waals surface area contributed by atoms with E-state index in [0.29, 0.717) is 17.8 Å². The van der Waals surface area contributed by atoms with Crippen molar-refractivity contribution in [3.05, 3.63) is 78.6 Å². The maximum Gasteiger partial charge on any atom is 0.324 e. The van der Waals surface area contributed by atoms with Crippen molar-refractivity contribution in [1.29, 1.82) is 0 Å². The minimum Gasteiger partial charge on any atom is -0.330 e. The number of nitrogens with zero attached hydrogens (tertiary/aromatic N) is 6. The fraction of sp³-hybridized carbons (Fsp3) is 0.273. The van der Waals surface area contributed by atoms with Gasteiger partial charge in [-0.1, -0.05) is 35.5 Å². The van der Waals surface area contributed by atoms with Gasteiger partial charge in [0.15, 0.2) is 0 Å². The van der Waals surface area contributed by atoms with Gasteiger partial charge in [0.1, 0.15) is 5.82 Å². The molecule has 1 atom stereocenters. The molecule has 1 aromatic carbocycles. The number of anilines is 1. The smallest absolute Gasteiger partial charge is 0.324 e. The first-order valence-corrected chi connectivity index (χ1v) is 9.91. The minimum atomic E-state index is 0.327. The first kappa shape index (κ1) is 17.6. The van der Waals surface area contributed by atoms with E-state index in [1.54, 1.807) is 0 Å². The Labute approximate surface area is 169 Å². The summed E-state index contributed by atoms with van der Waals surface area (Å²) in [5, 5.41) is 4.17. The molecule has 1 saturated heterocycles. The lowest BCUT2D eigenvalue weighted by Gasteiger charge is -2.31. The summed E-state index contributed by atoms with van der Waals surface area (Å²) >= 11 is 0. The van der Waals surface area contributed by atoms with Crippen LogP contribution in [-0.4, -0.2) is 37.8 Å². The molecule has 0 amide bonds. The molecule has 1 aliphatic heterocycles. The van der Waals surface area contributed by atoms with Crippen molar-refractivity contribution in [1.82, 2.24) is 24.7 Å². The molecular formula is C22H22N6O. The van der Waals surface area contributed by atoms with Crippen LogP contribution < -0.4 is 4.90 Å². The summed E-state index contributed by atoms with van der Waals surface area (Å²) in [6, 6.07) is 14.6. The van der Waals surface area contributed by atoms with Gasteiger partial charge in [-0.2, -0.15) is 4.98 Å². The predicted molar refractivity (Wildman–Crippen MR) is 109 cm³/mol. The van der Waals surface area contributed by atoms with Crippen LogP contribution in [-0.2, 0) is 6.54 Å². The van der Waals surface area contributed by atoms with Crippen LogP contribution in [0.25, 0.3) is 11.4 Å². The highest BCUT2D eigenvalue weighted by atomic mass is 16.5. The Kier molecular flexibility index (Phi) is 4.78. The van der Waals surface area contributed by atoms with Crippen molar-refractivity contribution in [2.45, 2.75) is 25.3 Å². The number of pyridine rings is 1. The Morgan fingerprint density at radius 2 is 1.90 bits per heavy atom. The van der Waals surface area contributed by atoms with Crippen LogP contribution in [0.2, 0.25) is 0 Å². The summed E-state index contributed by atoms with van der Waals surface area (Å²) in [7, 11) is 0.